The smallest absolute Gasteiger partial charge is 0.255 e. The Morgan fingerprint density at radius 1 is 1.11 bits per heavy atom. The fourth-order valence-electron chi connectivity index (χ4n) is 4.15. The molecule has 1 aliphatic carbocycles. The molecule has 1 heterocycles. The van der Waals surface area contributed by atoms with E-state index in [1.54, 1.807) is 18.2 Å². The van der Waals surface area contributed by atoms with Crippen molar-refractivity contribution in [2.75, 3.05) is 13.1 Å². The van der Waals surface area contributed by atoms with Crippen molar-refractivity contribution in [2.24, 2.45) is 5.92 Å². The molecule has 0 unspecified atom stereocenters. The monoisotopic (exact) mass is 406 g/mol. The summed E-state index contributed by atoms with van der Waals surface area (Å²) in [5, 5.41) is 3.61. The zero-order valence-corrected chi connectivity index (χ0v) is 17.6. The number of piperidine rings is 1. The van der Waals surface area contributed by atoms with Crippen LogP contribution in [0.2, 0.25) is 5.02 Å². The molecule has 1 aromatic carbocycles. The van der Waals surface area contributed by atoms with Gasteiger partial charge in [-0.25, -0.2) is 0 Å². The van der Waals surface area contributed by atoms with Crippen molar-refractivity contribution in [1.82, 2.24) is 10.2 Å². The quantitative estimate of drug-likeness (QED) is 0.786. The van der Waals surface area contributed by atoms with Gasteiger partial charge in [0.1, 0.15) is 5.75 Å². The molecule has 2 fully saturated rings. The van der Waals surface area contributed by atoms with Gasteiger partial charge in [-0.2, -0.15) is 0 Å². The molecule has 1 saturated carbocycles. The topological polar surface area (TPSA) is 58.6 Å². The van der Waals surface area contributed by atoms with Crippen molar-refractivity contribution in [3.8, 4) is 5.75 Å². The number of carbonyl (C=O) groups excluding carboxylic acids is 2. The molecule has 2 amide bonds. The van der Waals surface area contributed by atoms with Crippen molar-refractivity contribution < 1.29 is 14.3 Å². The molecule has 0 aromatic heterocycles. The molecule has 1 N–H and O–H groups in total. The molecular weight excluding hydrogens is 376 g/mol. The summed E-state index contributed by atoms with van der Waals surface area (Å²) < 4.78 is 5.75. The first kappa shape index (κ1) is 21.0. The third kappa shape index (κ3) is 5.40. The number of likely N-dealkylation sites (tertiary alicyclic amines) is 1. The van der Waals surface area contributed by atoms with Gasteiger partial charge in [-0.3, -0.25) is 9.59 Å². The number of hydrogen-bond donors (Lipinski definition) is 1. The van der Waals surface area contributed by atoms with Crippen molar-refractivity contribution >= 4 is 23.4 Å². The van der Waals surface area contributed by atoms with Crippen LogP contribution >= 0.6 is 11.6 Å². The number of halogens is 1. The van der Waals surface area contributed by atoms with E-state index in [9.17, 15) is 9.59 Å². The summed E-state index contributed by atoms with van der Waals surface area (Å²) in [7, 11) is 0. The highest BCUT2D eigenvalue weighted by Crippen LogP contribution is 2.27. The summed E-state index contributed by atoms with van der Waals surface area (Å²) in [6, 6.07) is 5.18. The van der Waals surface area contributed by atoms with Crippen LogP contribution in [-0.2, 0) is 4.79 Å². The first-order valence-electron chi connectivity index (χ1n) is 10.5. The molecule has 6 heteroatoms. The Morgan fingerprint density at radius 2 is 1.79 bits per heavy atom. The Kier molecular flexibility index (Phi) is 7.22. The van der Waals surface area contributed by atoms with Crippen LogP contribution in [0.15, 0.2) is 18.2 Å². The van der Waals surface area contributed by atoms with Gasteiger partial charge in [0.15, 0.2) is 0 Å². The summed E-state index contributed by atoms with van der Waals surface area (Å²) in [5.74, 6) is 0.894. The highest BCUT2D eigenvalue weighted by Gasteiger charge is 2.30. The van der Waals surface area contributed by atoms with Crippen LogP contribution in [0, 0.1) is 5.92 Å². The lowest BCUT2D eigenvalue weighted by Gasteiger charge is -2.35. The summed E-state index contributed by atoms with van der Waals surface area (Å²) in [4.78, 5) is 27.5. The molecule has 3 rings (SSSR count). The second-order valence-corrected chi connectivity index (χ2v) is 8.65. The predicted octanol–water partition coefficient (Wildman–Crippen LogP) is 4.43. The number of amides is 2. The number of nitrogens with one attached hydrogen (secondary N) is 1. The zero-order chi connectivity index (χ0) is 20.1. The minimum absolute atomic E-state index is 0.0261. The van der Waals surface area contributed by atoms with Crippen LogP contribution < -0.4 is 10.1 Å². The number of ether oxygens (including phenoxy) is 1. The van der Waals surface area contributed by atoms with Crippen molar-refractivity contribution in [3.63, 3.8) is 0 Å². The second-order valence-electron chi connectivity index (χ2n) is 8.22. The lowest BCUT2D eigenvalue weighted by molar-refractivity contribution is -0.137. The van der Waals surface area contributed by atoms with Crippen LogP contribution in [0.3, 0.4) is 0 Å². The maximum Gasteiger partial charge on any atom is 0.255 e. The molecule has 0 radical (unpaired) electrons. The van der Waals surface area contributed by atoms with E-state index in [1.165, 1.54) is 19.3 Å². The van der Waals surface area contributed by atoms with Crippen LogP contribution in [-0.4, -0.2) is 41.9 Å². The first-order valence-corrected chi connectivity index (χ1v) is 10.9. The minimum Gasteiger partial charge on any atom is -0.490 e. The van der Waals surface area contributed by atoms with E-state index in [2.05, 4.69) is 5.32 Å². The number of carbonyl (C=O) groups is 2. The fourth-order valence-corrected chi connectivity index (χ4v) is 4.32. The van der Waals surface area contributed by atoms with Crippen molar-refractivity contribution in [1.29, 1.82) is 0 Å². The van der Waals surface area contributed by atoms with E-state index >= 15 is 0 Å². The average Bonchev–Trinajstić information content (AvgIpc) is 2.69. The van der Waals surface area contributed by atoms with Crippen molar-refractivity contribution in [2.45, 2.75) is 70.9 Å². The highest BCUT2D eigenvalue weighted by molar-refractivity contribution is 6.31. The normalized spacial score (nSPS) is 18.9. The predicted molar refractivity (Wildman–Crippen MR) is 111 cm³/mol. The summed E-state index contributed by atoms with van der Waals surface area (Å²) in [6.45, 7) is 5.28. The Morgan fingerprint density at radius 3 is 2.43 bits per heavy atom. The molecule has 2 aliphatic rings. The third-order valence-corrected chi connectivity index (χ3v) is 5.88. The zero-order valence-electron chi connectivity index (χ0n) is 16.9. The first-order chi connectivity index (χ1) is 13.4. The third-order valence-electron chi connectivity index (χ3n) is 5.65. The van der Waals surface area contributed by atoms with Gasteiger partial charge in [0, 0.05) is 30.1 Å². The SMILES string of the molecule is CC(C)Oc1ccc(Cl)cc1C(=O)NC1CCN(C(=O)C2CCCCC2)CC1. The van der Waals surface area contributed by atoms with Gasteiger partial charge in [-0.05, 0) is 57.7 Å². The van der Waals surface area contributed by atoms with E-state index in [1.807, 2.05) is 18.7 Å². The molecular formula is C22H31ClN2O3. The molecule has 1 saturated heterocycles. The van der Waals surface area contributed by atoms with Gasteiger partial charge >= 0.3 is 0 Å². The number of nitrogens with zero attached hydrogens (tertiary/aromatic N) is 1. The Labute approximate surface area is 172 Å². The van der Waals surface area contributed by atoms with Gasteiger partial charge in [0.05, 0.1) is 11.7 Å². The van der Waals surface area contributed by atoms with E-state index in [-0.39, 0.29) is 24.0 Å². The summed E-state index contributed by atoms with van der Waals surface area (Å²) in [6.07, 6.45) is 7.19. The molecule has 154 valence electrons. The number of hydrogen-bond acceptors (Lipinski definition) is 3. The lowest BCUT2D eigenvalue weighted by atomic mass is 9.87. The van der Waals surface area contributed by atoms with E-state index in [4.69, 9.17) is 16.3 Å². The molecule has 28 heavy (non-hydrogen) atoms. The number of benzene rings is 1. The Balaban J connectivity index is 1.55. The van der Waals surface area contributed by atoms with E-state index in [0.29, 0.717) is 35.3 Å². The summed E-state index contributed by atoms with van der Waals surface area (Å²) in [5.41, 5.74) is 0.460. The van der Waals surface area contributed by atoms with Gasteiger partial charge in [0.2, 0.25) is 5.91 Å². The molecule has 0 bridgehead atoms. The molecule has 0 atom stereocenters. The van der Waals surface area contributed by atoms with Crippen LogP contribution in [0.5, 0.6) is 5.75 Å². The Bertz CT molecular complexity index is 693. The van der Waals surface area contributed by atoms with Crippen LogP contribution in [0.25, 0.3) is 0 Å². The Hall–Kier alpha value is -1.75. The number of rotatable bonds is 5. The van der Waals surface area contributed by atoms with E-state index < -0.39 is 0 Å². The standard InChI is InChI=1S/C22H31ClN2O3/c1-15(2)28-20-9-8-17(23)14-19(20)21(26)24-18-10-12-25(13-11-18)22(27)16-6-4-3-5-7-16/h8-9,14-16,18H,3-7,10-13H2,1-2H3,(H,24,26). The molecule has 1 aliphatic heterocycles. The molecule has 5 nitrogen and oxygen atoms in total. The minimum atomic E-state index is -0.171. The average molecular weight is 407 g/mol. The van der Waals surface area contributed by atoms with E-state index in [0.717, 1.165) is 25.7 Å². The summed E-state index contributed by atoms with van der Waals surface area (Å²) >= 11 is 6.09. The van der Waals surface area contributed by atoms with Gasteiger partial charge in [-0.15, -0.1) is 0 Å². The fraction of sp³-hybridized carbons (Fsp3) is 0.636. The maximum absolute atomic E-state index is 12.8. The van der Waals surface area contributed by atoms with Crippen LogP contribution in [0.1, 0.15) is 69.2 Å². The second kappa shape index (κ2) is 9.64. The lowest BCUT2D eigenvalue weighted by Crippen LogP contribution is -2.48. The highest BCUT2D eigenvalue weighted by atomic mass is 35.5. The largest absolute Gasteiger partial charge is 0.490 e. The van der Waals surface area contributed by atoms with Crippen molar-refractivity contribution in [3.05, 3.63) is 28.8 Å². The van der Waals surface area contributed by atoms with Gasteiger partial charge < -0.3 is 15.0 Å². The molecule has 0 spiro atoms. The molecule has 1 aromatic rings. The maximum atomic E-state index is 12.8. The van der Waals surface area contributed by atoms with Crippen LogP contribution in [0.4, 0.5) is 0 Å². The van der Waals surface area contributed by atoms with Gasteiger partial charge in [0.25, 0.3) is 5.91 Å². The van der Waals surface area contributed by atoms with Gasteiger partial charge in [-0.1, -0.05) is 30.9 Å².